The maximum absolute atomic E-state index is 11.8. The number of sulfone groups is 1. The Bertz CT molecular complexity index is 531. The Balaban J connectivity index is 2.75. The molecule has 0 aromatic heterocycles. The van der Waals surface area contributed by atoms with Gasteiger partial charge in [-0.05, 0) is 22.6 Å². The summed E-state index contributed by atoms with van der Waals surface area (Å²) < 4.78 is 23.7. The van der Waals surface area contributed by atoms with Crippen LogP contribution in [0.2, 0.25) is 0 Å². The fourth-order valence-corrected chi connectivity index (χ4v) is 3.47. The molecule has 2 rings (SSSR count). The molecule has 2 nitrogen and oxygen atoms in total. The molecule has 80 valence electrons. The van der Waals surface area contributed by atoms with E-state index in [2.05, 4.69) is 0 Å². The Kier molecular flexibility index (Phi) is 2.05. The van der Waals surface area contributed by atoms with Gasteiger partial charge >= 0.3 is 0 Å². The van der Waals surface area contributed by atoms with Gasteiger partial charge < -0.3 is 0 Å². The Labute approximate surface area is 90.6 Å². The number of hydrogen-bond donors (Lipinski definition) is 0. The Morgan fingerprint density at radius 1 is 1.07 bits per heavy atom. The molecule has 0 radical (unpaired) electrons. The molecule has 0 bridgehead atoms. The Hall–Kier alpha value is -1.09. The quantitative estimate of drug-likeness (QED) is 0.676. The van der Waals surface area contributed by atoms with Crippen LogP contribution in [0.5, 0.6) is 0 Å². The van der Waals surface area contributed by atoms with Crippen molar-refractivity contribution in [1.82, 2.24) is 0 Å². The lowest BCUT2D eigenvalue weighted by molar-refractivity contribution is 0.567. The highest BCUT2D eigenvalue weighted by Gasteiger charge is 2.32. The second-order valence-electron chi connectivity index (χ2n) is 4.82. The second-order valence-corrected chi connectivity index (χ2v) is 6.59. The van der Waals surface area contributed by atoms with E-state index < -0.39 is 9.84 Å². The van der Waals surface area contributed by atoms with E-state index in [-0.39, 0.29) is 5.41 Å². The van der Waals surface area contributed by atoms with Crippen LogP contribution >= 0.6 is 0 Å². The van der Waals surface area contributed by atoms with E-state index in [1.807, 2.05) is 32.9 Å². The normalized spacial score (nSPS) is 18.5. The van der Waals surface area contributed by atoms with Crippen molar-refractivity contribution in [3.8, 4) is 0 Å². The summed E-state index contributed by atoms with van der Waals surface area (Å²) in [7, 11) is -3.20. The average molecular weight is 222 g/mol. The molecule has 0 fully saturated rings. The van der Waals surface area contributed by atoms with Crippen molar-refractivity contribution >= 4 is 15.4 Å². The first-order valence-electron chi connectivity index (χ1n) is 4.89. The third-order valence-corrected chi connectivity index (χ3v) is 4.08. The largest absolute Gasteiger partial charge is 0.219 e. The van der Waals surface area contributed by atoms with Crippen LogP contribution in [0.25, 0.3) is 5.57 Å². The van der Waals surface area contributed by atoms with Crippen LogP contribution in [0.4, 0.5) is 0 Å². The molecule has 0 saturated carbocycles. The highest BCUT2D eigenvalue weighted by atomic mass is 32.2. The molecule has 0 N–H and O–H groups in total. The first-order valence-corrected chi connectivity index (χ1v) is 6.44. The van der Waals surface area contributed by atoms with Gasteiger partial charge in [-0.3, -0.25) is 0 Å². The van der Waals surface area contributed by atoms with Crippen LogP contribution < -0.4 is 0 Å². The number of fused-ring (bicyclic) bond motifs is 1. The molecular formula is C12H14O2S. The van der Waals surface area contributed by atoms with Crippen molar-refractivity contribution in [1.29, 1.82) is 0 Å². The minimum atomic E-state index is -3.20. The van der Waals surface area contributed by atoms with E-state index in [4.69, 9.17) is 0 Å². The van der Waals surface area contributed by atoms with E-state index in [9.17, 15) is 8.42 Å². The van der Waals surface area contributed by atoms with Gasteiger partial charge in [0, 0.05) is 5.41 Å². The molecule has 0 unspecified atom stereocenters. The zero-order valence-corrected chi connectivity index (χ0v) is 9.93. The highest BCUT2D eigenvalue weighted by Crippen LogP contribution is 2.42. The minimum absolute atomic E-state index is 0.139. The zero-order chi connectivity index (χ0) is 11.3. The maximum atomic E-state index is 11.8. The van der Waals surface area contributed by atoms with Gasteiger partial charge in [0.2, 0.25) is 9.84 Å². The Morgan fingerprint density at radius 3 is 2.27 bits per heavy atom. The first-order chi connectivity index (χ1) is 6.82. The van der Waals surface area contributed by atoms with Crippen molar-refractivity contribution in [3.05, 3.63) is 35.2 Å². The molecule has 0 spiro atoms. The van der Waals surface area contributed by atoms with Crippen molar-refractivity contribution in [3.63, 3.8) is 0 Å². The predicted molar refractivity (Wildman–Crippen MR) is 61.1 cm³/mol. The van der Waals surface area contributed by atoms with Gasteiger partial charge in [0.15, 0.2) is 0 Å². The van der Waals surface area contributed by atoms with E-state index in [0.717, 1.165) is 11.1 Å². The van der Waals surface area contributed by atoms with Crippen LogP contribution in [0.1, 0.15) is 26.3 Å². The molecule has 0 amide bonds. The summed E-state index contributed by atoms with van der Waals surface area (Å²) in [4.78, 5) is 0.440. The van der Waals surface area contributed by atoms with Crippen molar-refractivity contribution in [2.24, 2.45) is 5.41 Å². The zero-order valence-electron chi connectivity index (χ0n) is 9.11. The minimum Gasteiger partial charge on any atom is -0.219 e. The molecule has 0 atom stereocenters. The smallest absolute Gasteiger partial charge is 0.200 e. The molecule has 1 aliphatic rings. The van der Waals surface area contributed by atoms with E-state index >= 15 is 0 Å². The lowest BCUT2D eigenvalue weighted by Gasteiger charge is -2.20. The monoisotopic (exact) mass is 222 g/mol. The molecule has 0 saturated heterocycles. The fourth-order valence-electron chi connectivity index (χ4n) is 1.80. The predicted octanol–water partition coefficient (Wildman–Crippen LogP) is 2.86. The number of rotatable bonds is 0. The number of allylic oxidation sites excluding steroid dienone is 1. The van der Waals surface area contributed by atoms with Gasteiger partial charge in [-0.1, -0.05) is 39.0 Å². The summed E-state index contributed by atoms with van der Waals surface area (Å²) in [6.45, 7) is 6.07. The maximum Gasteiger partial charge on any atom is 0.200 e. The van der Waals surface area contributed by atoms with Gasteiger partial charge in [0.05, 0.1) is 4.90 Å². The second kappa shape index (κ2) is 2.95. The molecule has 15 heavy (non-hydrogen) atoms. The summed E-state index contributed by atoms with van der Waals surface area (Å²) in [5, 5.41) is 1.40. The summed E-state index contributed by atoms with van der Waals surface area (Å²) in [5.41, 5.74) is 1.61. The summed E-state index contributed by atoms with van der Waals surface area (Å²) in [6, 6.07) is 7.17. The van der Waals surface area contributed by atoms with Crippen LogP contribution in [-0.2, 0) is 9.84 Å². The average Bonchev–Trinajstić information content (AvgIpc) is 2.39. The molecule has 1 heterocycles. The summed E-state index contributed by atoms with van der Waals surface area (Å²) >= 11 is 0. The molecule has 0 aliphatic carbocycles. The van der Waals surface area contributed by atoms with Gasteiger partial charge in [-0.2, -0.15) is 0 Å². The summed E-state index contributed by atoms with van der Waals surface area (Å²) in [5.74, 6) is 0. The van der Waals surface area contributed by atoms with Crippen molar-refractivity contribution < 1.29 is 8.42 Å². The van der Waals surface area contributed by atoms with E-state index in [1.54, 1.807) is 12.1 Å². The first kappa shape index (κ1) is 10.4. The third kappa shape index (κ3) is 1.61. The summed E-state index contributed by atoms with van der Waals surface area (Å²) in [6.07, 6.45) is 0. The van der Waals surface area contributed by atoms with Gasteiger partial charge in [-0.25, -0.2) is 8.42 Å². The highest BCUT2D eigenvalue weighted by molar-refractivity contribution is 7.95. The van der Waals surface area contributed by atoms with Gasteiger partial charge in [-0.15, -0.1) is 0 Å². The molecule has 1 aliphatic heterocycles. The third-order valence-electron chi connectivity index (χ3n) is 2.56. The number of benzene rings is 1. The lowest BCUT2D eigenvalue weighted by Crippen LogP contribution is -2.06. The standard InChI is InChI=1S/C12H14O2S/c1-12(2,3)10-8-15(13,14)11-7-5-4-6-9(10)11/h4-8H,1-3H3. The van der Waals surface area contributed by atoms with E-state index in [0.29, 0.717) is 4.90 Å². The number of hydrogen-bond acceptors (Lipinski definition) is 2. The van der Waals surface area contributed by atoms with Crippen LogP contribution in [0, 0.1) is 5.41 Å². The molecule has 1 aromatic carbocycles. The SMILES string of the molecule is CC(C)(C)C1=CS(=O)(=O)c2ccccc21. The van der Waals surface area contributed by atoms with Gasteiger partial charge in [0.1, 0.15) is 0 Å². The molecule has 1 aromatic rings. The van der Waals surface area contributed by atoms with Crippen molar-refractivity contribution in [2.45, 2.75) is 25.7 Å². The van der Waals surface area contributed by atoms with Crippen LogP contribution in [0.3, 0.4) is 0 Å². The van der Waals surface area contributed by atoms with Gasteiger partial charge in [0.25, 0.3) is 0 Å². The molecular weight excluding hydrogens is 208 g/mol. The topological polar surface area (TPSA) is 34.1 Å². The lowest BCUT2D eigenvalue weighted by atomic mass is 9.83. The Morgan fingerprint density at radius 2 is 1.67 bits per heavy atom. The fraction of sp³-hybridized carbons (Fsp3) is 0.333. The van der Waals surface area contributed by atoms with Crippen molar-refractivity contribution in [2.75, 3.05) is 0 Å². The van der Waals surface area contributed by atoms with Crippen LogP contribution in [-0.4, -0.2) is 8.42 Å². The molecule has 3 heteroatoms. The van der Waals surface area contributed by atoms with E-state index in [1.165, 1.54) is 5.41 Å². The van der Waals surface area contributed by atoms with Crippen LogP contribution in [0.15, 0.2) is 34.6 Å².